The van der Waals surface area contributed by atoms with Gasteiger partial charge in [0, 0.05) is 12.5 Å². The molecule has 3 rings (SSSR count). The molecule has 0 aromatic heterocycles. The van der Waals surface area contributed by atoms with Crippen molar-refractivity contribution in [3.63, 3.8) is 0 Å². The van der Waals surface area contributed by atoms with Crippen molar-refractivity contribution in [3.8, 4) is 0 Å². The first kappa shape index (κ1) is 15.6. The van der Waals surface area contributed by atoms with Gasteiger partial charge in [-0.3, -0.25) is 4.31 Å². The van der Waals surface area contributed by atoms with Crippen molar-refractivity contribution in [2.45, 2.75) is 10.8 Å². The van der Waals surface area contributed by atoms with Crippen molar-refractivity contribution < 1.29 is 13.5 Å². The van der Waals surface area contributed by atoms with E-state index in [0.717, 1.165) is 0 Å². The first-order valence-corrected chi connectivity index (χ1v) is 8.82. The summed E-state index contributed by atoms with van der Waals surface area (Å²) in [5, 5.41) is 10.2. The van der Waals surface area contributed by atoms with Gasteiger partial charge < -0.3 is 5.11 Å². The maximum absolute atomic E-state index is 12.8. The Labute approximate surface area is 138 Å². The molecule has 2 aromatic rings. The summed E-state index contributed by atoms with van der Waals surface area (Å²) in [4.78, 5) is 0.200. The molecule has 1 heterocycles. The van der Waals surface area contributed by atoms with E-state index in [9.17, 15) is 13.5 Å². The van der Waals surface area contributed by atoms with Crippen LogP contribution in [0, 0.1) is 0 Å². The quantitative estimate of drug-likeness (QED) is 0.916. The Hall–Kier alpha value is -1.27. The van der Waals surface area contributed by atoms with E-state index in [2.05, 4.69) is 0 Å². The number of benzene rings is 2. The number of hydrogen-bond donors (Lipinski definition) is 1. The van der Waals surface area contributed by atoms with Crippen LogP contribution in [-0.2, 0) is 10.0 Å². The Bertz CT molecular complexity index is 809. The molecule has 7 heteroatoms. The minimum Gasteiger partial charge on any atom is -0.396 e. The van der Waals surface area contributed by atoms with Crippen LogP contribution < -0.4 is 4.31 Å². The molecule has 0 fully saturated rings. The summed E-state index contributed by atoms with van der Waals surface area (Å²) in [6.45, 7) is 0.00546. The van der Waals surface area contributed by atoms with E-state index in [-0.39, 0.29) is 29.0 Å². The molecule has 1 atom stereocenters. The zero-order valence-corrected chi connectivity index (χ0v) is 13.7. The second-order valence-corrected chi connectivity index (χ2v) is 7.73. The first-order chi connectivity index (χ1) is 10.4. The molecule has 4 nitrogen and oxygen atoms in total. The number of rotatable bonds is 3. The second kappa shape index (κ2) is 5.74. The van der Waals surface area contributed by atoms with Gasteiger partial charge in [-0.15, -0.1) is 0 Å². The van der Waals surface area contributed by atoms with Crippen molar-refractivity contribution in [3.05, 3.63) is 58.1 Å². The molecule has 0 saturated heterocycles. The van der Waals surface area contributed by atoms with Crippen LogP contribution in [0.2, 0.25) is 10.0 Å². The molecule has 0 radical (unpaired) electrons. The zero-order chi connectivity index (χ0) is 15.9. The van der Waals surface area contributed by atoms with E-state index >= 15 is 0 Å². The van der Waals surface area contributed by atoms with E-state index in [1.165, 1.54) is 10.4 Å². The Balaban J connectivity index is 2.14. The summed E-state index contributed by atoms with van der Waals surface area (Å²) in [5.41, 5.74) is 1.16. The van der Waals surface area contributed by atoms with Gasteiger partial charge in [-0.25, -0.2) is 8.42 Å². The molecule has 116 valence electrons. The van der Waals surface area contributed by atoms with Gasteiger partial charge in [0.25, 0.3) is 10.0 Å². The Morgan fingerprint density at radius 2 is 1.77 bits per heavy atom. The van der Waals surface area contributed by atoms with Crippen molar-refractivity contribution >= 4 is 38.9 Å². The van der Waals surface area contributed by atoms with Gasteiger partial charge in [-0.2, -0.15) is 0 Å². The largest absolute Gasteiger partial charge is 0.396 e. The molecule has 1 aliphatic heterocycles. The number of hydrogen-bond acceptors (Lipinski definition) is 3. The Morgan fingerprint density at radius 1 is 1.14 bits per heavy atom. The predicted octanol–water partition coefficient (Wildman–Crippen LogP) is 3.28. The SMILES string of the molecule is O=S(=O)(c1ccccc1)N1CC(CO)c2cc(Cl)c(Cl)cc21. The lowest BCUT2D eigenvalue weighted by molar-refractivity contribution is 0.272. The normalized spacial score (nSPS) is 17.6. The summed E-state index contributed by atoms with van der Waals surface area (Å²) in [7, 11) is -3.70. The summed E-state index contributed by atoms with van der Waals surface area (Å²) < 4.78 is 26.9. The third-order valence-electron chi connectivity index (χ3n) is 3.72. The van der Waals surface area contributed by atoms with Crippen LogP contribution in [0.25, 0.3) is 0 Å². The lowest BCUT2D eigenvalue weighted by Crippen LogP contribution is -2.30. The molecule has 1 unspecified atom stereocenters. The fourth-order valence-corrected chi connectivity index (χ4v) is 4.47. The van der Waals surface area contributed by atoms with Gasteiger partial charge in [0.1, 0.15) is 0 Å². The number of sulfonamides is 1. The van der Waals surface area contributed by atoms with Gasteiger partial charge in [0.05, 0.1) is 27.2 Å². The standard InChI is InChI=1S/C15H13Cl2NO3S/c16-13-6-12-10(9-19)8-18(15(12)7-14(13)17)22(20,21)11-4-2-1-3-5-11/h1-7,10,19H,8-9H2. The monoisotopic (exact) mass is 357 g/mol. The smallest absolute Gasteiger partial charge is 0.264 e. The number of nitrogens with zero attached hydrogens (tertiary/aromatic N) is 1. The highest BCUT2D eigenvalue weighted by atomic mass is 35.5. The molecule has 22 heavy (non-hydrogen) atoms. The molecular formula is C15H13Cl2NO3S. The fourth-order valence-electron chi connectivity index (χ4n) is 2.59. The van der Waals surface area contributed by atoms with Crippen LogP contribution in [-0.4, -0.2) is 26.7 Å². The van der Waals surface area contributed by atoms with Crippen LogP contribution in [0.4, 0.5) is 5.69 Å². The van der Waals surface area contributed by atoms with Gasteiger partial charge in [0.2, 0.25) is 0 Å². The van der Waals surface area contributed by atoms with Gasteiger partial charge >= 0.3 is 0 Å². The van der Waals surface area contributed by atoms with Crippen LogP contribution in [0.15, 0.2) is 47.4 Å². The van der Waals surface area contributed by atoms with Gasteiger partial charge in [-0.1, -0.05) is 41.4 Å². The minimum atomic E-state index is -3.70. The van der Waals surface area contributed by atoms with E-state index in [0.29, 0.717) is 16.3 Å². The van der Waals surface area contributed by atoms with Crippen LogP contribution >= 0.6 is 23.2 Å². The lowest BCUT2D eigenvalue weighted by atomic mass is 10.0. The summed E-state index contributed by atoms with van der Waals surface area (Å²) in [6, 6.07) is 11.3. The van der Waals surface area contributed by atoms with E-state index in [1.807, 2.05) is 0 Å². The highest BCUT2D eigenvalue weighted by molar-refractivity contribution is 7.92. The van der Waals surface area contributed by atoms with Crippen LogP contribution in [0.1, 0.15) is 11.5 Å². The Morgan fingerprint density at radius 3 is 2.41 bits per heavy atom. The number of fused-ring (bicyclic) bond motifs is 1. The fraction of sp³-hybridized carbons (Fsp3) is 0.200. The number of aliphatic hydroxyl groups excluding tert-OH is 1. The number of anilines is 1. The van der Waals surface area contributed by atoms with E-state index in [1.54, 1.807) is 36.4 Å². The minimum absolute atomic E-state index is 0.161. The molecule has 0 aliphatic carbocycles. The van der Waals surface area contributed by atoms with E-state index in [4.69, 9.17) is 23.2 Å². The van der Waals surface area contributed by atoms with Crippen molar-refractivity contribution in [2.24, 2.45) is 0 Å². The number of halogens is 2. The third-order valence-corrected chi connectivity index (χ3v) is 6.23. The zero-order valence-electron chi connectivity index (χ0n) is 11.4. The Kier molecular flexibility index (Phi) is 4.07. The summed E-state index contributed by atoms with van der Waals surface area (Å²) in [5.74, 6) is -0.316. The molecule has 1 N–H and O–H groups in total. The van der Waals surface area contributed by atoms with Crippen LogP contribution in [0.5, 0.6) is 0 Å². The van der Waals surface area contributed by atoms with Crippen molar-refractivity contribution in [1.29, 1.82) is 0 Å². The molecule has 0 amide bonds. The highest BCUT2D eigenvalue weighted by Crippen LogP contribution is 2.43. The van der Waals surface area contributed by atoms with Crippen molar-refractivity contribution in [2.75, 3.05) is 17.5 Å². The van der Waals surface area contributed by atoms with Gasteiger partial charge in [-0.05, 0) is 29.8 Å². The molecule has 1 aliphatic rings. The molecule has 0 bridgehead atoms. The topological polar surface area (TPSA) is 57.6 Å². The van der Waals surface area contributed by atoms with E-state index < -0.39 is 10.0 Å². The van der Waals surface area contributed by atoms with Gasteiger partial charge in [0.15, 0.2) is 0 Å². The third kappa shape index (κ3) is 2.48. The highest BCUT2D eigenvalue weighted by Gasteiger charge is 2.36. The second-order valence-electron chi connectivity index (χ2n) is 5.05. The number of aliphatic hydroxyl groups is 1. The first-order valence-electron chi connectivity index (χ1n) is 6.62. The van der Waals surface area contributed by atoms with Crippen LogP contribution in [0.3, 0.4) is 0 Å². The molecular weight excluding hydrogens is 345 g/mol. The molecule has 0 saturated carbocycles. The predicted molar refractivity (Wildman–Crippen MR) is 87.3 cm³/mol. The average molecular weight is 358 g/mol. The molecule has 0 spiro atoms. The maximum Gasteiger partial charge on any atom is 0.264 e. The summed E-state index contributed by atoms with van der Waals surface area (Å²) in [6.07, 6.45) is 0. The maximum atomic E-state index is 12.8. The van der Waals surface area contributed by atoms with Crippen molar-refractivity contribution in [1.82, 2.24) is 0 Å². The molecule has 2 aromatic carbocycles. The lowest BCUT2D eigenvalue weighted by Gasteiger charge is -2.20. The average Bonchev–Trinajstić information content (AvgIpc) is 2.87. The summed E-state index contributed by atoms with van der Waals surface area (Å²) >= 11 is 12.0.